The molecule has 2 rings (SSSR count). The summed E-state index contributed by atoms with van der Waals surface area (Å²) in [6.45, 7) is 14.5. The molecule has 0 saturated carbocycles. The molecule has 0 fully saturated rings. The van der Waals surface area contributed by atoms with Gasteiger partial charge in [-0.3, -0.25) is 9.59 Å². The molecule has 2 aromatic rings. The highest BCUT2D eigenvalue weighted by atomic mass is 32.2. The van der Waals surface area contributed by atoms with E-state index in [1.165, 1.54) is 22.7 Å². The number of benzene rings is 2. The first-order valence-corrected chi connectivity index (χ1v) is 14.3. The predicted octanol–water partition coefficient (Wildman–Crippen LogP) is 5.66. The third-order valence-electron chi connectivity index (χ3n) is 6.06. The van der Waals surface area contributed by atoms with E-state index in [1.807, 2.05) is 38.3 Å². The first kappa shape index (κ1) is 31.8. The number of thioether (sulfide) groups is 1. The quantitative estimate of drug-likeness (QED) is 0.309. The Morgan fingerprint density at radius 1 is 1.08 bits per heavy atom. The Balaban J connectivity index is 2.59. The Kier molecular flexibility index (Phi) is 11.5. The normalized spacial score (nSPS) is 12.7. The van der Waals surface area contributed by atoms with E-state index >= 15 is 0 Å². The lowest BCUT2D eigenvalue weighted by molar-refractivity contribution is -0.140. The van der Waals surface area contributed by atoms with E-state index in [9.17, 15) is 19.5 Å². The summed E-state index contributed by atoms with van der Waals surface area (Å²) in [5, 5.41) is 16.7. The molecule has 2 atom stereocenters. The Morgan fingerprint density at radius 3 is 2.23 bits per heavy atom. The predicted molar refractivity (Wildman–Crippen MR) is 158 cm³/mol. The molecule has 0 heterocycles. The lowest BCUT2D eigenvalue weighted by Gasteiger charge is -2.34. The highest BCUT2D eigenvalue weighted by Gasteiger charge is 2.37. The number of ether oxygens (including phenoxy) is 1. The average Bonchev–Trinajstić information content (AvgIpc) is 2.84. The van der Waals surface area contributed by atoms with E-state index in [0.717, 1.165) is 11.1 Å². The maximum absolute atomic E-state index is 14.1. The Hall–Kier alpha value is -3.46. The zero-order chi connectivity index (χ0) is 29.3. The number of aromatic hydroxyl groups is 1. The first-order valence-electron chi connectivity index (χ1n) is 12.9. The summed E-state index contributed by atoms with van der Waals surface area (Å²) >= 11 is 1.53. The molecule has 0 bridgehead atoms. The number of nitrogens with one attached hydrogen (secondary N) is 2. The van der Waals surface area contributed by atoms with Crippen LogP contribution in [0, 0.1) is 20.8 Å². The highest BCUT2D eigenvalue weighted by Crippen LogP contribution is 2.34. The third kappa shape index (κ3) is 8.78. The van der Waals surface area contributed by atoms with Crippen LogP contribution in [0.4, 0.5) is 10.5 Å². The summed E-state index contributed by atoms with van der Waals surface area (Å²) < 4.78 is 5.40. The van der Waals surface area contributed by atoms with Crippen molar-refractivity contribution in [2.75, 3.05) is 23.9 Å². The van der Waals surface area contributed by atoms with Crippen LogP contribution in [-0.2, 0) is 14.3 Å². The maximum atomic E-state index is 14.1. The fourth-order valence-corrected chi connectivity index (χ4v) is 4.63. The fraction of sp³-hybridized carbons (Fsp3) is 0.433. The van der Waals surface area contributed by atoms with Gasteiger partial charge in [0.2, 0.25) is 5.91 Å². The zero-order valence-corrected chi connectivity index (χ0v) is 24.8. The Morgan fingerprint density at radius 2 is 1.67 bits per heavy atom. The van der Waals surface area contributed by atoms with Gasteiger partial charge in [-0.1, -0.05) is 42.5 Å². The van der Waals surface area contributed by atoms with Gasteiger partial charge in [-0.05, 0) is 76.7 Å². The zero-order valence-electron chi connectivity index (χ0n) is 24.0. The number of para-hydroxylation sites is 2. The van der Waals surface area contributed by atoms with Gasteiger partial charge in [0.25, 0.3) is 5.91 Å². The number of carbonyl (C=O) groups excluding carboxylic acids is 3. The molecule has 0 aliphatic heterocycles. The van der Waals surface area contributed by atoms with Gasteiger partial charge in [-0.25, -0.2) is 4.79 Å². The molecule has 0 spiro atoms. The van der Waals surface area contributed by atoms with E-state index < -0.39 is 35.6 Å². The molecule has 0 aromatic heterocycles. The molecule has 3 amide bonds. The van der Waals surface area contributed by atoms with Gasteiger partial charge in [0.05, 0.1) is 0 Å². The Labute approximate surface area is 236 Å². The van der Waals surface area contributed by atoms with E-state index in [4.69, 9.17) is 4.74 Å². The molecule has 0 aliphatic rings. The average molecular weight is 556 g/mol. The lowest BCUT2D eigenvalue weighted by Crippen LogP contribution is -2.52. The van der Waals surface area contributed by atoms with Crippen molar-refractivity contribution < 1.29 is 24.2 Å². The van der Waals surface area contributed by atoms with Crippen molar-refractivity contribution >= 4 is 35.4 Å². The van der Waals surface area contributed by atoms with Crippen LogP contribution in [0.5, 0.6) is 5.75 Å². The molecule has 0 aliphatic carbocycles. The number of rotatable bonds is 11. The lowest BCUT2D eigenvalue weighted by atomic mass is 9.98. The summed E-state index contributed by atoms with van der Waals surface area (Å²) in [5.41, 5.74) is 2.45. The minimum Gasteiger partial charge on any atom is -0.507 e. The van der Waals surface area contributed by atoms with Crippen LogP contribution >= 0.6 is 11.8 Å². The maximum Gasteiger partial charge on any atom is 0.408 e. The number of alkyl carbamates (subject to hydrolysis) is 1. The van der Waals surface area contributed by atoms with Gasteiger partial charge in [0.15, 0.2) is 0 Å². The second-order valence-corrected chi connectivity index (χ2v) is 11.4. The van der Waals surface area contributed by atoms with Gasteiger partial charge >= 0.3 is 6.09 Å². The van der Waals surface area contributed by atoms with Gasteiger partial charge in [-0.15, -0.1) is 6.58 Å². The molecule has 0 saturated heterocycles. The Bertz CT molecular complexity index is 1170. The third-order valence-corrected chi connectivity index (χ3v) is 6.71. The molecule has 2 aromatic carbocycles. The first-order chi connectivity index (χ1) is 18.3. The molecular weight excluding hydrogens is 514 g/mol. The van der Waals surface area contributed by atoms with Gasteiger partial charge in [0.1, 0.15) is 23.4 Å². The largest absolute Gasteiger partial charge is 0.507 e. The topological polar surface area (TPSA) is 108 Å². The second-order valence-electron chi connectivity index (χ2n) is 10.4. The smallest absolute Gasteiger partial charge is 0.408 e. The van der Waals surface area contributed by atoms with Crippen LogP contribution in [0.25, 0.3) is 0 Å². The molecular formula is C30H41N3O5S. The van der Waals surface area contributed by atoms with Gasteiger partial charge in [-0.2, -0.15) is 11.8 Å². The van der Waals surface area contributed by atoms with Crippen molar-refractivity contribution in [3.63, 3.8) is 0 Å². The fourth-order valence-electron chi connectivity index (χ4n) is 4.16. The molecule has 0 radical (unpaired) electrons. The summed E-state index contributed by atoms with van der Waals surface area (Å²) in [7, 11) is 0. The standard InChI is InChI=1S/C30H41N3O5S/c1-9-17-33(28(36)23(16-18-39-8)31-29(37)38-30(5,6)7)25(22-15-11-14-21(4)26(22)34)27(35)32-24-19(2)12-10-13-20(24)3/h9-15,23,25,34H,1,16-18H2,2-8H3,(H,31,37)(H,32,35). The molecule has 39 heavy (non-hydrogen) atoms. The molecule has 3 N–H and O–H groups in total. The number of hydrogen-bond acceptors (Lipinski definition) is 6. The number of amides is 3. The molecule has 2 unspecified atom stereocenters. The van der Waals surface area contributed by atoms with Crippen molar-refractivity contribution in [3.05, 3.63) is 71.3 Å². The van der Waals surface area contributed by atoms with E-state index in [0.29, 0.717) is 23.4 Å². The SMILES string of the molecule is C=CCN(C(=O)C(CCSC)NC(=O)OC(C)(C)C)C(C(=O)Nc1c(C)cccc1C)c1cccc(C)c1O. The molecule has 9 heteroatoms. The van der Waals surface area contributed by atoms with Crippen LogP contribution in [-0.4, -0.2) is 58.1 Å². The number of hydrogen-bond donors (Lipinski definition) is 3. The van der Waals surface area contributed by atoms with E-state index in [2.05, 4.69) is 17.2 Å². The van der Waals surface area contributed by atoms with Crippen LogP contribution in [0.2, 0.25) is 0 Å². The molecule has 8 nitrogen and oxygen atoms in total. The van der Waals surface area contributed by atoms with Crippen LogP contribution < -0.4 is 10.6 Å². The van der Waals surface area contributed by atoms with Crippen LogP contribution in [0.1, 0.15) is 55.5 Å². The highest BCUT2D eigenvalue weighted by molar-refractivity contribution is 7.98. The van der Waals surface area contributed by atoms with Crippen molar-refractivity contribution in [3.8, 4) is 5.75 Å². The van der Waals surface area contributed by atoms with Gasteiger partial charge in [0, 0.05) is 17.8 Å². The minimum atomic E-state index is -1.20. The number of phenols is 1. The van der Waals surface area contributed by atoms with Gasteiger partial charge < -0.3 is 25.4 Å². The summed E-state index contributed by atoms with van der Waals surface area (Å²) in [4.78, 5) is 42.1. The van der Waals surface area contributed by atoms with Crippen molar-refractivity contribution in [1.82, 2.24) is 10.2 Å². The number of carbonyl (C=O) groups is 3. The summed E-state index contributed by atoms with van der Waals surface area (Å²) in [6.07, 6.45) is 3.01. The second kappa shape index (κ2) is 14.1. The van der Waals surface area contributed by atoms with Crippen LogP contribution in [0.15, 0.2) is 49.1 Å². The minimum absolute atomic E-state index is 0.00280. The molecule has 212 valence electrons. The van der Waals surface area contributed by atoms with Crippen molar-refractivity contribution in [2.45, 2.75) is 65.6 Å². The van der Waals surface area contributed by atoms with E-state index in [1.54, 1.807) is 45.9 Å². The van der Waals surface area contributed by atoms with Crippen molar-refractivity contribution in [1.29, 1.82) is 0 Å². The van der Waals surface area contributed by atoms with Crippen LogP contribution in [0.3, 0.4) is 0 Å². The number of anilines is 1. The summed E-state index contributed by atoms with van der Waals surface area (Å²) in [5.74, 6) is -0.480. The number of aryl methyl sites for hydroxylation is 3. The monoisotopic (exact) mass is 555 g/mol. The number of phenolic OH excluding ortho intramolecular Hbond substituents is 1. The van der Waals surface area contributed by atoms with E-state index in [-0.39, 0.29) is 17.9 Å². The summed E-state index contributed by atoms with van der Waals surface area (Å²) in [6, 6.07) is 8.58. The number of nitrogens with zero attached hydrogens (tertiary/aromatic N) is 1. The van der Waals surface area contributed by atoms with Crippen molar-refractivity contribution in [2.24, 2.45) is 0 Å².